The fourth-order valence-electron chi connectivity index (χ4n) is 4.38. The first-order chi connectivity index (χ1) is 11.7. The van der Waals surface area contributed by atoms with Gasteiger partial charge in [-0.15, -0.1) is 0 Å². The van der Waals surface area contributed by atoms with Gasteiger partial charge in [0.25, 0.3) is 0 Å². The molecular formula is C20H25N3O. The molecule has 0 radical (unpaired) electrons. The molecule has 0 amide bonds. The van der Waals surface area contributed by atoms with Crippen LogP contribution in [0.3, 0.4) is 0 Å². The summed E-state index contributed by atoms with van der Waals surface area (Å²) in [5.74, 6) is 2.37. The zero-order valence-corrected chi connectivity index (χ0v) is 14.5. The largest absolute Gasteiger partial charge is 0.377 e. The van der Waals surface area contributed by atoms with Crippen LogP contribution in [0.15, 0.2) is 30.3 Å². The van der Waals surface area contributed by atoms with Crippen molar-refractivity contribution in [2.75, 3.05) is 19.0 Å². The van der Waals surface area contributed by atoms with Gasteiger partial charge in [-0.05, 0) is 49.7 Å². The molecule has 4 rings (SSSR count). The zero-order valence-electron chi connectivity index (χ0n) is 14.5. The number of hydrogen-bond donors (Lipinski definition) is 1. The van der Waals surface area contributed by atoms with Gasteiger partial charge in [-0.1, -0.05) is 24.3 Å². The third-order valence-corrected chi connectivity index (χ3v) is 5.56. The predicted octanol–water partition coefficient (Wildman–Crippen LogP) is 3.64. The average Bonchev–Trinajstić information content (AvgIpc) is 3.27. The SMILES string of the molecule is COCc1nc(C)cc(NCC2CC23CCCc2ccccc23)n1. The number of benzene rings is 1. The van der Waals surface area contributed by atoms with Crippen LogP contribution in [-0.4, -0.2) is 23.6 Å². The highest BCUT2D eigenvalue weighted by molar-refractivity contribution is 5.44. The number of fused-ring (bicyclic) bond motifs is 2. The van der Waals surface area contributed by atoms with Gasteiger partial charge in [0.2, 0.25) is 0 Å². The van der Waals surface area contributed by atoms with Crippen LogP contribution in [0.25, 0.3) is 0 Å². The molecular weight excluding hydrogens is 298 g/mol. The van der Waals surface area contributed by atoms with Gasteiger partial charge < -0.3 is 10.1 Å². The Morgan fingerprint density at radius 1 is 1.29 bits per heavy atom. The van der Waals surface area contributed by atoms with Crippen LogP contribution in [0.2, 0.25) is 0 Å². The fourth-order valence-corrected chi connectivity index (χ4v) is 4.38. The van der Waals surface area contributed by atoms with Crippen LogP contribution < -0.4 is 5.32 Å². The Balaban J connectivity index is 1.46. The molecule has 1 spiro atoms. The minimum Gasteiger partial charge on any atom is -0.377 e. The first kappa shape index (κ1) is 15.6. The highest BCUT2D eigenvalue weighted by Gasteiger charge is 2.55. The predicted molar refractivity (Wildman–Crippen MR) is 95.1 cm³/mol. The van der Waals surface area contributed by atoms with Crippen molar-refractivity contribution in [3.8, 4) is 0 Å². The van der Waals surface area contributed by atoms with Crippen LogP contribution in [0.4, 0.5) is 5.82 Å². The Morgan fingerprint density at radius 2 is 2.17 bits per heavy atom. The number of methoxy groups -OCH3 is 1. The fraction of sp³-hybridized carbons (Fsp3) is 0.500. The van der Waals surface area contributed by atoms with Crippen molar-refractivity contribution in [2.45, 2.75) is 44.6 Å². The van der Waals surface area contributed by atoms with Crippen LogP contribution in [0.1, 0.15) is 41.9 Å². The third-order valence-electron chi connectivity index (χ3n) is 5.56. The Hall–Kier alpha value is -1.94. The highest BCUT2D eigenvalue weighted by Crippen LogP contribution is 2.60. The summed E-state index contributed by atoms with van der Waals surface area (Å²) >= 11 is 0. The molecule has 0 saturated heterocycles. The third kappa shape index (κ3) is 2.80. The van der Waals surface area contributed by atoms with Crippen molar-refractivity contribution in [2.24, 2.45) is 5.92 Å². The van der Waals surface area contributed by atoms with E-state index in [-0.39, 0.29) is 0 Å². The molecule has 2 aromatic rings. The summed E-state index contributed by atoms with van der Waals surface area (Å²) in [6, 6.07) is 11.0. The summed E-state index contributed by atoms with van der Waals surface area (Å²) < 4.78 is 5.15. The Morgan fingerprint density at radius 3 is 3.04 bits per heavy atom. The summed E-state index contributed by atoms with van der Waals surface area (Å²) in [5, 5.41) is 3.54. The Labute approximate surface area is 143 Å². The van der Waals surface area contributed by atoms with Gasteiger partial charge in [0.1, 0.15) is 12.4 Å². The monoisotopic (exact) mass is 323 g/mol. The molecule has 4 heteroatoms. The van der Waals surface area contributed by atoms with E-state index in [4.69, 9.17) is 4.74 Å². The molecule has 4 nitrogen and oxygen atoms in total. The molecule has 126 valence electrons. The maximum Gasteiger partial charge on any atom is 0.156 e. The standard InChI is InChI=1S/C20H25N3O/c1-14-10-18(23-19(22-14)13-24-2)21-12-16-11-20(16)9-5-7-15-6-3-4-8-17(15)20/h3-4,6,8,10,16H,5,7,9,11-13H2,1-2H3,(H,21,22,23). The van der Waals surface area contributed by atoms with Crippen molar-refractivity contribution >= 4 is 5.82 Å². The van der Waals surface area contributed by atoms with E-state index < -0.39 is 0 Å². The van der Waals surface area contributed by atoms with Crippen LogP contribution in [0.5, 0.6) is 0 Å². The summed E-state index contributed by atoms with van der Waals surface area (Å²) in [6.45, 7) is 3.44. The second-order valence-electron chi connectivity index (χ2n) is 7.19. The van der Waals surface area contributed by atoms with Crippen LogP contribution in [-0.2, 0) is 23.2 Å². The quantitative estimate of drug-likeness (QED) is 0.912. The summed E-state index contributed by atoms with van der Waals surface area (Å²) in [6.07, 6.45) is 5.18. The number of ether oxygens (including phenoxy) is 1. The minimum atomic E-state index is 0.416. The Kier molecular flexibility index (Phi) is 4.01. The van der Waals surface area contributed by atoms with Crippen molar-refractivity contribution in [1.82, 2.24) is 9.97 Å². The first-order valence-electron chi connectivity index (χ1n) is 8.87. The first-order valence-corrected chi connectivity index (χ1v) is 8.87. The lowest BCUT2D eigenvalue weighted by Gasteiger charge is -2.26. The molecule has 2 atom stereocenters. The molecule has 24 heavy (non-hydrogen) atoms. The smallest absolute Gasteiger partial charge is 0.156 e. The topological polar surface area (TPSA) is 47.0 Å². The molecule has 1 aromatic heterocycles. The van der Waals surface area contributed by atoms with E-state index in [2.05, 4.69) is 39.6 Å². The van der Waals surface area contributed by atoms with Crippen molar-refractivity contribution in [1.29, 1.82) is 0 Å². The van der Waals surface area contributed by atoms with Gasteiger partial charge in [-0.25, -0.2) is 9.97 Å². The molecule has 1 heterocycles. The van der Waals surface area contributed by atoms with Crippen molar-refractivity contribution in [3.05, 3.63) is 53.0 Å². The molecule has 0 aliphatic heterocycles. The zero-order chi connectivity index (χ0) is 16.6. The van der Waals surface area contributed by atoms with Crippen molar-refractivity contribution in [3.63, 3.8) is 0 Å². The summed E-state index contributed by atoms with van der Waals surface area (Å²) in [4.78, 5) is 8.96. The lowest BCUT2D eigenvalue weighted by atomic mass is 9.78. The summed E-state index contributed by atoms with van der Waals surface area (Å²) in [7, 11) is 1.67. The maximum absolute atomic E-state index is 5.15. The molecule has 1 N–H and O–H groups in total. The molecule has 1 fully saturated rings. The lowest BCUT2D eigenvalue weighted by molar-refractivity contribution is 0.177. The van der Waals surface area contributed by atoms with E-state index in [0.29, 0.717) is 17.9 Å². The second kappa shape index (κ2) is 6.17. The minimum absolute atomic E-state index is 0.416. The highest BCUT2D eigenvalue weighted by atomic mass is 16.5. The Bertz CT molecular complexity index is 745. The van der Waals surface area contributed by atoms with E-state index in [0.717, 1.165) is 23.9 Å². The molecule has 1 saturated carbocycles. The van der Waals surface area contributed by atoms with E-state index in [1.807, 2.05) is 13.0 Å². The molecule has 0 bridgehead atoms. The molecule has 2 aliphatic carbocycles. The lowest BCUT2D eigenvalue weighted by Crippen LogP contribution is -2.21. The average molecular weight is 323 g/mol. The number of aromatic nitrogens is 2. The van der Waals surface area contributed by atoms with Crippen LogP contribution in [0, 0.1) is 12.8 Å². The van der Waals surface area contributed by atoms with E-state index in [9.17, 15) is 0 Å². The van der Waals surface area contributed by atoms with Crippen LogP contribution >= 0.6 is 0 Å². The van der Waals surface area contributed by atoms with Gasteiger partial charge in [0.15, 0.2) is 5.82 Å². The normalized spacial score (nSPS) is 24.7. The van der Waals surface area contributed by atoms with Gasteiger partial charge in [0.05, 0.1) is 0 Å². The number of rotatable bonds is 5. The molecule has 1 aromatic carbocycles. The number of nitrogens with one attached hydrogen (secondary N) is 1. The molecule has 2 unspecified atom stereocenters. The van der Waals surface area contributed by atoms with Gasteiger partial charge >= 0.3 is 0 Å². The summed E-state index contributed by atoms with van der Waals surface area (Å²) in [5.41, 5.74) is 4.56. The van der Waals surface area contributed by atoms with Gasteiger partial charge in [-0.3, -0.25) is 0 Å². The van der Waals surface area contributed by atoms with E-state index >= 15 is 0 Å². The number of nitrogens with zero attached hydrogens (tertiary/aromatic N) is 2. The maximum atomic E-state index is 5.15. The van der Waals surface area contributed by atoms with E-state index in [1.165, 1.54) is 25.7 Å². The van der Waals surface area contributed by atoms with Gasteiger partial charge in [0, 0.05) is 30.8 Å². The number of anilines is 1. The van der Waals surface area contributed by atoms with E-state index in [1.54, 1.807) is 18.2 Å². The second-order valence-corrected chi connectivity index (χ2v) is 7.19. The number of aryl methyl sites for hydroxylation is 2. The molecule has 2 aliphatic rings. The van der Waals surface area contributed by atoms with Crippen molar-refractivity contribution < 1.29 is 4.74 Å². The van der Waals surface area contributed by atoms with Gasteiger partial charge in [-0.2, -0.15) is 0 Å². The number of hydrogen-bond acceptors (Lipinski definition) is 4.